The molecular formula is C16H19BrN2OS2. The molecule has 1 aromatic heterocycles. The minimum Gasteiger partial charge on any atom is -0.343 e. The van der Waals surface area contributed by atoms with Crippen molar-refractivity contribution in [2.75, 3.05) is 18.8 Å². The van der Waals surface area contributed by atoms with Gasteiger partial charge >= 0.3 is 0 Å². The molecule has 0 radical (unpaired) electrons. The average Bonchev–Trinajstić information content (AvgIpc) is 2.98. The fourth-order valence-electron chi connectivity index (χ4n) is 2.04. The van der Waals surface area contributed by atoms with Gasteiger partial charge in [-0.1, -0.05) is 39.8 Å². The number of carbonyl (C=O) groups excluding carboxylic acids is 1. The number of thioether (sulfide) groups is 1. The Balaban J connectivity index is 1.87. The van der Waals surface area contributed by atoms with Crippen molar-refractivity contribution in [2.45, 2.75) is 24.6 Å². The van der Waals surface area contributed by atoms with Crippen molar-refractivity contribution in [1.82, 2.24) is 9.88 Å². The minimum atomic E-state index is 0.224. The van der Waals surface area contributed by atoms with Crippen LogP contribution in [0.5, 0.6) is 0 Å². The molecule has 118 valence electrons. The molecule has 0 saturated heterocycles. The van der Waals surface area contributed by atoms with Gasteiger partial charge in [-0.3, -0.25) is 4.79 Å². The Morgan fingerprint density at radius 3 is 2.59 bits per heavy atom. The van der Waals surface area contributed by atoms with E-state index in [0.29, 0.717) is 6.42 Å². The number of rotatable bonds is 7. The molecule has 0 N–H and O–H groups in total. The molecule has 0 unspecified atom stereocenters. The molecule has 1 aromatic carbocycles. The third-order valence-corrected chi connectivity index (χ3v) is 5.83. The highest BCUT2D eigenvalue weighted by Crippen LogP contribution is 2.29. The molecule has 0 aliphatic heterocycles. The Bertz CT molecular complexity index is 609. The molecule has 0 spiro atoms. The minimum absolute atomic E-state index is 0.224. The van der Waals surface area contributed by atoms with E-state index in [-0.39, 0.29) is 5.91 Å². The Labute approximate surface area is 148 Å². The van der Waals surface area contributed by atoms with Crippen molar-refractivity contribution in [3.63, 3.8) is 0 Å². The Morgan fingerprint density at radius 1 is 1.27 bits per heavy atom. The molecule has 0 saturated carbocycles. The Kier molecular flexibility index (Phi) is 6.92. The fourth-order valence-corrected chi connectivity index (χ4v) is 4.13. The number of halogens is 1. The maximum absolute atomic E-state index is 11.9. The number of hydrogen-bond donors (Lipinski definition) is 0. The van der Waals surface area contributed by atoms with Crippen LogP contribution in [-0.4, -0.2) is 34.6 Å². The molecular weight excluding hydrogens is 380 g/mol. The SMILES string of the molecule is CCN(CC)C(=O)CCSc1nc(-c2ccc(Br)cc2)cs1. The second-order valence-electron chi connectivity index (χ2n) is 4.67. The van der Waals surface area contributed by atoms with Crippen LogP contribution in [0.1, 0.15) is 20.3 Å². The van der Waals surface area contributed by atoms with Crippen molar-refractivity contribution in [3.8, 4) is 11.3 Å². The maximum Gasteiger partial charge on any atom is 0.223 e. The summed E-state index contributed by atoms with van der Waals surface area (Å²) >= 11 is 6.73. The van der Waals surface area contributed by atoms with Gasteiger partial charge in [0.05, 0.1) is 5.69 Å². The number of carbonyl (C=O) groups is 1. The summed E-state index contributed by atoms with van der Waals surface area (Å²) in [5, 5.41) is 2.07. The van der Waals surface area contributed by atoms with Crippen LogP contribution in [0.4, 0.5) is 0 Å². The van der Waals surface area contributed by atoms with Gasteiger partial charge < -0.3 is 4.90 Å². The predicted molar refractivity (Wildman–Crippen MR) is 98.5 cm³/mol. The van der Waals surface area contributed by atoms with Crippen LogP contribution in [0.25, 0.3) is 11.3 Å². The van der Waals surface area contributed by atoms with Gasteiger partial charge in [0.15, 0.2) is 4.34 Å². The van der Waals surface area contributed by atoms with Crippen LogP contribution >= 0.6 is 39.0 Å². The average molecular weight is 399 g/mol. The van der Waals surface area contributed by atoms with Crippen LogP contribution in [0.15, 0.2) is 38.5 Å². The van der Waals surface area contributed by atoms with E-state index in [2.05, 4.69) is 38.4 Å². The Hall–Kier alpha value is -0.850. The molecule has 0 aliphatic rings. The van der Waals surface area contributed by atoms with E-state index in [1.165, 1.54) is 0 Å². The van der Waals surface area contributed by atoms with E-state index in [1.54, 1.807) is 23.1 Å². The molecule has 0 fully saturated rings. The van der Waals surface area contributed by atoms with E-state index in [9.17, 15) is 4.79 Å². The largest absolute Gasteiger partial charge is 0.343 e. The van der Waals surface area contributed by atoms with E-state index < -0.39 is 0 Å². The summed E-state index contributed by atoms with van der Waals surface area (Å²) < 4.78 is 2.08. The first-order valence-corrected chi connectivity index (χ1v) is 9.92. The summed E-state index contributed by atoms with van der Waals surface area (Å²) in [6, 6.07) is 8.14. The molecule has 22 heavy (non-hydrogen) atoms. The van der Waals surface area contributed by atoms with Crippen LogP contribution in [-0.2, 0) is 4.79 Å². The van der Waals surface area contributed by atoms with Crippen molar-refractivity contribution in [3.05, 3.63) is 34.1 Å². The number of amides is 1. The molecule has 2 rings (SSSR count). The summed E-state index contributed by atoms with van der Waals surface area (Å²) in [6.45, 7) is 5.59. The molecule has 1 amide bonds. The number of nitrogens with zero attached hydrogens (tertiary/aromatic N) is 2. The molecule has 0 atom stereocenters. The molecule has 0 bridgehead atoms. The summed E-state index contributed by atoms with van der Waals surface area (Å²) in [6.07, 6.45) is 0.569. The fraction of sp³-hybridized carbons (Fsp3) is 0.375. The number of hydrogen-bond acceptors (Lipinski definition) is 4. The lowest BCUT2D eigenvalue weighted by Gasteiger charge is -2.17. The van der Waals surface area contributed by atoms with Gasteiger partial charge in [-0.2, -0.15) is 0 Å². The standard InChI is InChI=1S/C16H19BrN2OS2/c1-3-19(4-2)15(20)9-10-21-16-18-14(11-22-16)12-5-7-13(17)8-6-12/h5-8,11H,3-4,9-10H2,1-2H3. The lowest BCUT2D eigenvalue weighted by molar-refractivity contribution is -0.130. The molecule has 6 heteroatoms. The van der Waals surface area contributed by atoms with Gasteiger partial charge in [0.25, 0.3) is 0 Å². The second kappa shape index (κ2) is 8.70. The smallest absolute Gasteiger partial charge is 0.223 e. The highest BCUT2D eigenvalue weighted by atomic mass is 79.9. The van der Waals surface area contributed by atoms with Crippen molar-refractivity contribution in [1.29, 1.82) is 0 Å². The quantitative estimate of drug-likeness (QED) is 0.620. The van der Waals surface area contributed by atoms with Crippen LogP contribution in [0, 0.1) is 0 Å². The van der Waals surface area contributed by atoms with Crippen LogP contribution in [0.2, 0.25) is 0 Å². The predicted octanol–water partition coefficient (Wildman–Crippen LogP) is 4.92. The third-order valence-electron chi connectivity index (χ3n) is 3.28. The van der Waals surface area contributed by atoms with Crippen LogP contribution < -0.4 is 0 Å². The van der Waals surface area contributed by atoms with Crippen molar-refractivity contribution >= 4 is 44.9 Å². The van der Waals surface area contributed by atoms with Gasteiger partial charge in [0, 0.05) is 40.7 Å². The zero-order valence-corrected chi connectivity index (χ0v) is 15.9. The Morgan fingerprint density at radius 2 is 1.95 bits per heavy atom. The number of thiazole rings is 1. The lowest BCUT2D eigenvalue weighted by Crippen LogP contribution is -2.30. The highest BCUT2D eigenvalue weighted by Gasteiger charge is 2.10. The molecule has 0 aliphatic carbocycles. The first-order chi connectivity index (χ1) is 10.6. The van der Waals surface area contributed by atoms with Gasteiger partial charge in [-0.05, 0) is 26.0 Å². The topological polar surface area (TPSA) is 33.2 Å². The first kappa shape index (κ1) is 17.5. The zero-order valence-electron chi connectivity index (χ0n) is 12.7. The summed E-state index contributed by atoms with van der Waals surface area (Å²) in [7, 11) is 0. The first-order valence-electron chi connectivity index (χ1n) is 7.26. The van der Waals surface area contributed by atoms with Crippen molar-refractivity contribution < 1.29 is 4.79 Å². The molecule has 3 nitrogen and oxygen atoms in total. The highest BCUT2D eigenvalue weighted by molar-refractivity contribution is 9.10. The second-order valence-corrected chi connectivity index (χ2v) is 7.79. The van der Waals surface area contributed by atoms with E-state index in [4.69, 9.17) is 0 Å². The normalized spacial score (nSPS) is 10.7. The third kappa shape index (κ3) is 4.83. The van der Waals surface area contributed by atoms with Gasteiger partial charge in [-0.25, -0.2) is 4.98 Å². The summed E-state index contributed by atoms with van der Waals surface area (Å²) in [5.41, 5.74) is 2.11. The lowest BCUT2D eigenvalue weighted by atomic mass is 10.2. The van der Waals surface area contributed by atoms with Crippen LogP contribution in [0.3, 0.4) is 0 Å². The van der Waals surface area contributed by atoms with E-state index in [1.807, 2.05) is 30.9 Å². The molecule has 1 heterocycles. The number of aromatic nitrogens is 1. The van der Waals surface area contributed by atoms with Gasteiger partial charge in [0.2, 0.25) is 5.91 Å². The molecule has 2 aromatic rings. The van der Waals surface area contributed by atoms with E-state index >= 15 is 0 Å². The van der Waals surface area contributed by atoms with Crippen molar-refractivity contribution in [2.24, 2.45) is 0 Å². The zero-order chi connectivity index (χ0) is 15.9. The monoisotopic (exact) mass is 398 g/mol. The van der Waals surface area contributed by atoms with Gasteiger partial charge in [-0.15, -0.1) is 11.3 Å². The summed E-state index contributed by atoms with van der Waals surface area (Å²) in [4.78, 5) is 18.4. The summed E-state index contributed by atoms with van der Waals surface area (Å²) in [5.74, 6) is 1.00. The number of benzene rings is 1. The van der Waals surface area contributed by atoms with E-state index in [0.717, 1.165) is 38.9 Å². The maximum atomic E-state index is 11.9. The van der Waals surface area contributed by atoms with Gasteiger partial charge in [0.1, 0.15) is 0 Å².